The molecule has 9 aliphatic rings. The van der Waals surface area contributed by atoms with E-state index in [9.17, 15) is 71.5 Å². The molecule has 9 heterocycles. The van der Waals surface area contributed by atoms with Crippen LogP contribution in [0.4, 0.5) is 0 Å². The third-order valence-electron chi connectivity index (χ3n) is 13.2. The van der Waals surface area contributed by atoms with Crippen LogP contribution in [0.3, 0.4) is 0 Å². The predicted molar refractivity (Wildman–Crippen MR) is 189 cm³/mol. The van der Waals surface area contributed by atoms with Crippen molar-refractivity contribution >= 4 is 0 Å². The van der Waals surface area contributed by atoms with Crippen LogP contribution in [-0.2, 0) is 66.3 Å². The number of ether oxygens (including phenoxy) is 14. The highest BCUT2D eigenvalue weighted by Crippen LogP contribution is 2.41. The molecule has 28 nitrogen and oxygen atoms in total. The largest absolute Gasteiger partial charge is 0.394 e. The molecule has 0 amide bonds. The molecule has 0 aliphatic carbocycles. The van der Waals surface area contributed by atoms with Crippen molar-refractivity contribution < 1.29 is 138 Å². The quantitative estimate of drug-likeness (QED) is 0.0815. The molecule has 6 unspecified atom stereocenters. The number of fused-ring (bicyclic) bond motifs is 6. The predicted octanol–water partition coefficient (Wildman–Crippen LogP) is -11.0. The van der Waals surface area contributed by atoms with Crippen molar-refractivity contribution in [2.24, 2.45) is 0 Å². The normalized spacial score (nSPS) is 57.3. The first kappa shape index (κ1) is 47.9. The lowest BCUT2D eigenvalue weighted by molar-refractivity contribution is -0.380. The average molecular weight is 937 g/mol. The number of aliphatic hydroxyl groups is 14. The monoisotopic (exact) mass is 936 g/mol. The van der Waals surface area contributed by atoms with Crippen LogP contribution in [0.2, 0.25) is 0 Å². The van der Waals surface area contributed by atoms with Crippen LogP contribution in [0.5, 0.6) is 0 Å². The topological polar surface area (TPSA) is 412 Å². The summed E-state index contributed by atoms with van der Waals surface area (Å²) in [7, 11) is 0. The molecule has 6 bridgehead atoms. The van der Waals surface area contributed by atoms with E-state index in [0.29, 0.717) is 0 Å². The van der Waals surface area contributed by atoms with Gasteiger partial charge in [0, 0.05) is 0 Å². The van der Waals surface area contributed by atoms with E-state index >= 15 is 0 Å². The van der Waals surface area contributed by atoms with Gasteiger partial charge in [-0.3, -0.25) is 0 Å². The Hall–Kier alpha value is -1.12. The summed E-state index contributed by atoms with van der Waals surface area (Å²) in [5.74, 6) is 0. The summed E-state index contributed by atoms with van der Waals surface area (Å²) >= 11 is 0. The third kappa shape index (κ3) is 8.54. The summed E-state index contributed by atoms with van der Waals surface area (Å²) in [6, 6.07) is 0. The SMILES string of the molecule is OC[C@H]1O[C@@H](O)[C@H](O)[C@@H](O[C@@H]2OC3COC([C@@H]3O[C@@H]3O[C@H](CO)[C@H](O)[C@H](O[C@@H]4OC5COC([C@@H]5O[C@@H]5O[C@H](CO)[C@H](O)[C@H](O[C@@H]6OC7COC([C@@H]7O)[C@@H]6O)[C@H]5O)[C@H]4O)[C@H]3O)[C@@H]2O)[C@H]1O. The molecular formula is C36H56O28. The number of hydrogen-bond donors (Lipinski definition) is 14. The van der Waals surface area contributed by atoms with Gasteiger partial charge in [0.25, 0.3) is 0 Å². The van der Waals surface area contributed by atoms with E-state index in [0.717, 1.165) is 0 Å². The first-order valence-electron chi connectivity index (χ1n) is 21.0. The summed E-state index contributed by atoms with van der Waals surface area (Å²) in [6.45, 7) is -2.74. The summed E-state index contributed by atoms with van der Waals surface area (Å²) in [6.07, 6.45) is -44.4. The molecule has 0 saturated carbocycles. The molecule has 368 valence electrons. The number of rotatable bonds is 13. The van der Waals surface area contributed by atoms with Crippen LogP contribution >= 0.6 is 0 Å². The van der Waals surface area contributed by atoms with Crippen molar-refractivity contribution in [3.63, 3.8) is 0 Å². The second-order valence-corrected chi connectivity index (χ2v) is 17.1. The van der Waals surface area contributed by atoms with Crippen LogP contribution in [0.25, 0.3) is 0 Å². The molecule has 30 atom stereocenters. The van der Waals surface area contributed by atoms with Crippen LogP contribution in [0.15, 0.2) is 0 Å². The molecule has 64 heavy (non-hydrogen) atoms. The molecule has 9 saturated heterocycles. The number of hydrogen-bond acceptors (Lipinski definition) is 28. The van der Waals surface area contributed by atoms with Crippen molar-refractivity contribution in [3.05, 3.63) is 0 Å². The molecule has 0 aromatic rings. The van der Waals surface area contributed by atoms with Crippen LogP contribution in [-0.4, -0.2) is 295 Å². The van der Waals surface area contributed by atoms with Crippen molar-refractivity contribution in [1.29, 1.82) is 0 Å². The molecular weight excluding hydrogens is 880 g/mol. The first-order chi connectivity index (χ1) is 30.6. The second-order valence-electron chi connectivity index (χ2n) is 17.1. The van der Waals surface area contributed by atoms with Crippen molar-refractivity contribution in [1.82, 2.24) is 0 Å². The lowest BCUT2D eigenvalue weighted by Crippen LogP contribution is -2.66. The van der Waals surface area contributed by atoms with E-state index in [2.05, 4.69) is 0 Å². The zero-order valence-electron chi connectivity index (χ0n) is 33.5. The zero-order valence-corrected chi connectivity index (χ0v) is 33.5. The Morgan fingerprint density at radius 1 is 0.312 bits per heavy atom. The van der Waals surface area contributed by atoms with Crippen molar-refractivity contribution in [3.8, 4) is 0 Å². The minimum absolute atomic E-state index is 0.0399. The standard InChI is InChI=1S/C36H56O28/c37-1-7-13(40)26(17(44)31(50)54-7)62-35-21(48)29-23(11(58-35)5-52-29)60-34-20(47)28(15(42)9(3-39)56-34)64-36-22(49)30-24(12(59-36)6-53-30)61-33-19(46)27(14(41)8(2-38)55-33)63-32-18(45)25-16(43)10(57-32)4-51-25/h7-50H,1-6H2/t7-,8-,9-,10?,11?,12?,13+,14+,15+,16-,17-,18+,19-,20-,21+,22-,23-,24-,25?,26+,27+,28+,29?,30?,31-,32+,33+,34+,35+,36+/m1/s1. The van der Waals surface area contributed by atoms with Crippen LogP contribution in [0, 0.1) is 0 Å². The fraction of sp³-hybridized carbons (Fsp3) is 1.00. The van der Waals surface area contributed by atoms with Gasteiger partial charge in [-0.05, 0) is 0 Å². The maximum atomic E-state index is 11.5. The molecule has 9 rings (SSSR count). The van der Waals surface area contributed by atoms with Gasteiger partial charge in [0.15, 0.2) is 37.7 Å². The van der Waals surface area contributed by atoms with E-state index < -0.39 is 204 Å². The Morgan fingerprint density at radius 3 is 1.08 bits per heavy atom. The van der Waals surface area contributed by atoms with Crippen LogP contribution in [0.1, 0.15) is 0 Å². The molecule has 14 N–H and O–H groups in total. The smallest absolute Gasteiger partial charge is 0.187 e. The van der Waals surface area contributed by atoms with E-state index in [1.807, 2.05) is 0 Å². The maximum absolute atomic E-state index is 11.5. The Labute approximate surface area is 361 Å². The summed E-state index contributed by atoms with van der Waals surface area (Å²) in [4.78, 5) is 0. The zero-order chi connectivity index (χ0) is 45.5. The van der Waals surface area contributed by atoms with Gasteiger partial charge in [-0.1, -0.05) is 0 Å². The van der Waals surface area contributed by atoms with Gasteiger partial charge in [0.1, 0.15) is 146 Å². The third-order valence-corrected chi connectivity index (χ3v) is 13.2. The Morgan fingerprint density at radius 2 is 0.641 bits per heavy atom. The van der Waals surface area contributed by atoms with Gasteiger partial charge in [-0.25, -0.2) is 0 Å². The van der Waals surface area contributed by atoms with Gasteiger partial charge in [0.2, 0.25) is 0 Å². The van der Waals surface area contributed by atoms with Crippen LogP contribution < -0.4 is 0 Å². The van der Waals surface area contributed by atoms with Crippen molar-refractivity contribution in [2.75, 3.05) is 39.6 Å². The van der Waals surface area contributed by atoms with E-state index in [1.54, 1.807) is 0 Å². The van der Waals surface area contributed by atoms with E-state index in [1.165, 1.54) is 0 Å². The lowest BCUT2D eigenvalue weighted by atomic mass is 9.96. The minimum atomic E-state index is -1.88. The van der Waals surface area contributed by atoms with E-state index in [-0.39, 0.29) is 19.8 Å². The highest BCUT2D eigenvalue weighted by atomic mass is 16.8. The Balaban J connectivity index is 0.831. The highest BCUT2D eigenvalue weighted by Gasteiger charge is 2.61. The molecule has 9 fully saturated rings. The van der Waals surface area contributed by atoms with Gasteiger partial charge >= 0.3 is 0 Å². The second kappa shape index (κ2) is 19.3. The molecule has 9 aliphatic heterocycles. The minimum Gasteiger partial charge on any atom is -0.394 e. The van der Waals surface area contributed by atoms with Gasteiger partial charge in [-0.2, -0.15) is 0 Å². The molecule has 28 heteroatoms. The van der Waals surface area contributed by atoms with E-state index in [4.69, 9.17) is 66.3 Å². The summed E-state index contributed by atoms with van der Waals surface area (Å²) in [5, 5.41) is 149. The first-order valence-corrected chi connectivity index (χ1v) is 21.0. The maximum Gasteiger partial charge on any atom is 0.187 e. The van der Waals surface area contributed by atoms with Gasteiger partial charge < -0.3 is 138 Å². The molecule has 0 radical (unpaired) electrons. The lowest BCUT2D eigenvalue weighted by Gasteiger charge is -2.48. The van der Waals surface area contributed by atoms with Crippen molar-refractivity contribution in [2.45, 2.75) is 184 Å². The molecule has 0 aromatic heterocycles. The fourth-order valence-corrected chi connectivity index (χ4v) is 9.61. The molecule has 0 aromatic carbocycles. The van der Waals surface area contributed by atoms with Gasteiger partial charge in [-0.15, -0.1) is 0 Å². The Kier molecular flexibility index (Phi) is 14.5. The Bertz CT molecular complexity index is 1560. The summed E-state index contributed by atoms with van der Waals surface area (Å²) in [5.41, 5.74) is 0. The van der Waals surface area contributed by atoms with Gasteiger partial charge in [0.05, 0.1) is 39.6 Å². The average Bonchev–Trinajstić information content (AvgIpc) is 3.87. The summed E-state index contributed by atoms with van der Waals surface area (Å²) < 4.78 is 80.0. The highest BCUT2D eigenvalue weighted by molar-refractivity contribution is 5.03. The molecule has 0 spiro atoms. The fourth-order valence-electron chi connectivity index (χ4n) is 9.61. The number of aliphatic hydroxyl groups excluding tert-OH is 14.